The standard InChI is InChI=1S/C10H13N5S/c1-6-14-9(11)3-10(15-6)13-5-8-4-12-7(2)16-8/h3-4H,5H2,1-2H3,(H3,11,13,14,15). The van der Waals surface area contributed by atoms with Crippen molar-refractivity contribution in [2.75, 3.05) is 11.1 Å². The van der Waals surface area contributed by atoms with Crippen LogP contribution in [0.4, 0.5) is 11.6 Å². The van der Waals surface area contributed by atoms with Crippen LogP contribution >= 0.6 is 11.3 Å². The van der Waals surface area contributed by atoms with E-state index in [9.17, 15) is 0 Å². The number of nitrogens with one attached hydrogen (secondary N) is 1. The van der Waals surface area contributed by atoms with Crippen LogP contribution in [0.15, 0.2) is 12.3 Å². The van der Waals surface area contributed by atoms with Gasteiger partial charge in [0.15, 0.2) is 0 Å². The summed E-state index contributed by atoms with van der Waals surface area (Å²) < 4.78 is 0. The summed E-state index contributed by atoms with van der Waals surface area (Å²) in [4.78, 5) is 13.6. The zero-order chi connectivity index (χ0) is 11.5. The predicted molar refractivity (Wildman–Crippen MR) is 65.4 cm³/mol. The van der Waals surface area contributed by atoms with Gasteiger partial charge >= 0.3 is 0 Å². The summed E-state index contributed by atoms with van der Waals surface area (Å²) in [5.74, 6) is 1.90. The van der Waals surface area contributed by atoms with Crippen molar-refractivity contribution in [2.45, 2.75) is 20.4 Å². The second-order valence-corrected chi connectivity index (χ2v) is 4.74. The molecule has 0 bridgehead atoms. The van der Waals surface area contributed by atoms with Crippen LogP contribution < -0.4 is 11.1 Å². The van der Waals surface area contributed by atoms with Gasteiger partial charge in [-0.1, -0.05) is 0 Å². The molecule has 0 aliphatic carbocycles. The molecule has 0 spiro atoms. The molecule has 0 atom stereocenters. The molecule has 2 aromatic heterocycles. The van der Waals surface area contributed by atoms with E-state index in [2.05, 4.69) is 20.3 Å². The fourth-order valence-electron chi connectivity index (χ4n) is 1.35. The second-order valence-electron chi connectivity index (χ2n) is 3.42. The normalized spacial score (nSPS) is 10.4. The fraction of sp³-hybridized carbons (Fsp3) is 0.300. The molecule has 0 amide bonds. The van der Waals surface area contributed by atoms with Crippen LogP contribution in [0.5, 0.6) is 0 Å². The number of anilines is 2. The van der Waals surface area contributed by atoms with E-state index in [1.807, 2.05) is 20.0 Å². The average Bonchev–Trinajstić information content (AvgIpc) is 2.60. The molecule has 0 fully saturated rings. The quantitative estimate of drug-likeness (QED) is 0.847. The smallest absolute Gasteiger partial charge is 0.132 e. The summed E-state index contributed by atoms with van der Waals surface area (Å²) in [6, 6.07) is 1.72. The minimum atomic E-state index is 0.482. The Balaban J connectivity index is 2.04. The van der Waals surface area contributed by atoms with Crippen molar-refractivity contribution in [3.63, 3.8) is 0 Å². The van der Waals surface area contributed by atoms with Gasteiger partial charge < -0.3 is 11.1 Å². The van der Waals surface area contributed by atoms with Gasteiger partial charge in [-0.2, -0.15) is 0 Å². The van der Waals surface area contributed by atoms with Crippen LogP contribution in [0.2, 0.25) is 0 Å². The van der Waals surface area contributed by atoms with E-state index in [-0.39, 0.29) is 0 Å². The fourth-order valence-corrected chi connectivity index (χ4v) is 2.08. The Kier molecular flexibility index (Phi) is 3.00. The van der Waals surface area contributed by atoms with Crippen LogP contribution in [-0.2, 0) is 6.54 Å². The lowest BCUT2D eigenvalue weighted by atomic mass is 10.4. The van der Waals surface area contributed by atoms with Gasteiger partial charge in [0.1, 0.15) is 17.5 Å². The second kappa shape index (κ2) is 4.44. The van der Waals surface area contributed by atoms with E-state index in [0.717, 1.165) is 10.8 Å². The Morgan fingerprint density at radius 2 is 2.19 bits per heavy atom. The van der Waals surface area contributed by atoms with E-state index in [1.54, 1.807) is 17.4 Å². The number of aryl methyl sites for hydroxylation is 2. The Labute approximate surface area is 97.8 Å². The van der Waals surface area contributed by atoms with Crippen molar-refractivity contribution in [2.24, 2.45) is 0 Å². The largest absolute Gasteiger partial charge is 0.384 e. The summed E-state index contributed by atoms with van der Waals surface area (Å²) in [7, 11) is 0. The summed E-state index contributed by atoms with van der Waals surface area (Å²) in [5, 5.41) is 4.26. The predicted octanol–water partition coefficient (Wildman–Crippen LogP) is 1.74. The van der Waals surface area contributed by atoms with Crippen LogP contribution in [0.25, 0.3) is 0 Å². The van der Waals surface area contributed by atoms with Crippen LogP contribution in [0.1, 0.15) is 15.7 Å². The molecule has 84 valence electrons. The molecule has 0 unspecified atom stereocenters. The lowest BCUT2D eigenvalue weighted by Crippen LogP contribution is -2.03. The van der Waals surface area contributed by atoms with Crippen molar-refractivity contribution < 1.29 is 0 Å². The Morgan fingerprint density at radius 1 is 1.38 bits per heavy atom. The van der Waals surface area contributed by atoms with E-state index >= 15 is 0 Å². The van der Waals surface area contributed by atoms with Gasteiger partial charge in [0.2, 0.25) is 0 Å². The molecule has 0 radical (unpaired) electrons. The van der Waals surface area contributed by atoms with Crippen LogP contribution in [0, 0.1) is 13.8 Å². The van der Waals surface area contributed by atoms with Gasteiger partial charge in [-0.05, 0) is 13.8 Å². The van der Waals surface area contributed by atoms with Crippen molar-refractivity contribution in [1.82, 2.24) is 15.0 Å². The van der Waals surface area contributed by atoms with Crippen molar-refractivity contribution in [3.8, 4) is 0 Å². The first kappa shape index (κ1) is 10.8. The summed E-state index contributed by atoms with van der Waals surface area (Å²) >= 11 is 1.67. The molecule has 5 nitrogen and oxygen atoms in total. The van der Waals surface area contributed by atoms with E-state index in [4.69, 9.17) is 5.73 Å². The highest BCUT2D eigenvalue weighted by Crippen LogP contribution is 2.14. The van der Waals surface area contributed by atoms with Gasteiger partial charge in [-0.15, -0.1) is 11.3 Å². The molecule has 6 heteroatoms. The van der Waals surface area contributed by atoms with Gasteiger partial charge in [0.25, 0.3) is 0 Å². The third-order valence-electron chi connectivity index (χ3n) is 1.97. The lowest BCUT2D eigenvalue weighted by Gasteiger charge is -2.04. The number of nitrogens with two attached hydrogens (primary N) is 1. The number of nitrogens with zero attached hydrogens (tertiary/aromatic N) is 3. The molecule has 2 heterocycles. The number of hydrogen-bond donors (Lipinski definition) is 2. The third-order valence-corrected chi connectivity index (χ3v) is 2.88. The first-order chi connectivity index (χ1) is 7.63. The Hall–Kier alpha value is -1.69. The van der Waals surface area contributed by atoms with Crippen LogP contribution in [-0.4, -0.2) is 15.0 Å². The number of rotatable bonds is 3. The van der Waals surface area contributed by atoms with Crippen molar-refractivity contribution in [3.05, 3.63) is 28.0 Å². The number of thiazole rings is 1. The molecule has 2 rings (SSSR count). The third kappa shape index (κ3) is 2.66. The van der Waals surface area contributed by atoms with Crippen LogP contribution in [0.3, 0.4) is 0 Å². The van der Waals surface area contributed by atoms with Gasteiger partial charge in [-0.3, -0.25) is 0 Å². The number of nitrogen functional groups attached to an aromatic ring is 1. The van der Waals surface area contributed by atoms with Crippen molar-refractivity contribution in [1.29, 1.82) is 0 Å². The first-order valence-corrected chi connectivity index (χ1v) is 5.71. The highest BCUT2D eigenvalue weighted by molar-refractivity contribution is 7.11. The molecule has 3 N–H and O–H groups in total. The first-order valence-electron chi connectivity index (χ1n) is 4.90. The summed E-state index contributed by atoms with van der Waals surface area (Å²) in [5.41, 5.74) is 5.63. The average molecular weight is 235 g/mol. The zero-order valence-corrected chi connectivity index (χ0v) is 10.0. The monoisotopic (exact) mass is 235 g/mol. The maximum Gasteiger partial charge on any atom is 0.132 e. The highest BCUT2D eigenvalue weighted by Gasteiger charge is 2.01. The molecule has 0 saturated carbocycles. The Bertz CT molecular complexity index is 473. The van der Waals surface area contributed by atoms with E-state index < -0.39 is 0 Å². The lowest BCUT2D eigenvalue weighted by molar-refractivity contribution is 1.03. The SMILES string of the molecule is Cc1nc(N)cc(NCc2cnc(C)s2)n1. The Morgan fingerprint density at radius 3 is 2.81 bits per heavy atom. The van der Waals surface area contributed by atoms with E-state index in [1.165, 1.54) is 4.88 Å². The highest BCUT2D eigenvalue weighted by atomic mass is 32.1. The van der Waals surface area contributed by atoms with Gasteiger partial charge in [0, 0.05) is 17.1 Å². The van der Waals surface area contributed by atoms with Gasteiger partial charge in [0.05, 0.1) is 11.6 Å². The van der Waals surface area contributed by atoms with Crippen molar-refractivity contribution >= 4 is 23.0 Å². The molecule has 0 aromatic carbocycles. The molecule has 0 aliphatic rings. The maximum atomic E-state index is 5.63. The van der Waals surface area contributed by atoms with E-state index in [0.29, 0.717) is 18.2 Å². The molecule has 0 aliphatic heterocycles. The van der Waals surface area contributed by atoms with Gasteiger partial charge in [-0.25, -0.2) is 15.0 Å². The minimum absolute atomic E-state index is 0.482. The summed E-state index contributed by atoms with van der Waals surface area (Å²) in [6.45, 7) is 4.51. The molecular formula is C10H13N5S. The molecule has 2 aromatic rings. The molecule has 16 heavy (non-hydrogen) atoms. The molecule has 0 saturated heterocycles. The topological polar surface area (TPSA) is 76.7 Å². The maximum absolute atomic E-state index is 5.63. The molecular weight excluding hydrogens is 222 g/mol. The minimum Gasteiger partial charge on any atom is -0.384 e. The number of hydrogen-bond acceptors (Lipinski definition) is 6. The number of aromatic nitrogens is 3. The summed E-state index contributed by atoms with van der Waals surface area (Å²) in [6.07, 6.45) is 1.87. The zero-order valence-electron chi connectivity index (χ0n) is 9.19.